The second-order valence-corrected chi connectivity index (χ2v) is 15.7. The van der Waals surface area contributed by atoms with Gasteiger partial charge in [-0.05, 0) is 49.7 Å². The molecular weight excluding hydrogens is 632 g/mol. The second kappa shape index (κ2) is 12.7. The molecule has 3 amide bonds. The molecule has 46 heavy (non-hydrogen) atoms. The molecule has 6 atom stereocenters. The minimum atomic E-state index is -3.83. The molecule has 13 heteroatoms. The zero-order valence-corrected chi connectivity index (χ0v) is 27.9. The normalized spacial score (nSPS) is 31.1. The van der Waals surface area contributed by atoms with Crippen molar-refractivity contribution in [3.05, 3.63) is 41.6 Å². The van der Waals surface area contributed by atoms with Crippen molar-refractivity contribution in [2.75, 3.05) is 13.7 Å². The lowest BCUT2D eigenvalue weighted by atomic mass is 9.95. The average Bonchev–Trinajstić information content (AvgIpc) is 3.93. The molecule has 4 aliphatic rings. The standard InChI is InChI=1S/C33H41ClN4O7S/c1-19-6-4-7-20(2)14-28(39)38-18-22(45-31-24-8-5-9-25(34)29(24)27(44-3)17-35-31)15-26(38)30(40)36-33(16-21(33)11-10-19)32(41)37-46(42,43)23-12-13-23/h5,8-11,17,19-23,26H,4,6-7,12-16,18H2,1-3H3,(H,36,40)(H,37,41)/b11-10-/t19-,20+,21+,22+,26-,33+/m0/s1. The predicted octanol–water partition coefficient (Wildman–Crippen LogP) is 4.13. The summed E-state index contributed by atoms with van der Waals surface area (Å²) in [4.78, 5) is 47.4. The Hall–Kier alpha value is -3.38. The highest BCUT2D eigenvalue weighted by Gasteiger charge is 2.62. The van der Waals surface area contributed by atoms with Crippen LogP contribution in [-0.2, 0) is 24.4 Å². The number of pyridine rings is 1. The van der Waals surface area contributed by atoms with Crippen molar-refractivity contribution >= 4 is 50.1 Å². The van der Waals surface area contributed by atoms with Gasteiger partial charge in [0.2, 0.25) is 27.7 Å². The first-order valence-corrected chi connectivity index (χ1v) is 18.0. The molecule has 1 saturated heterocycles. The number of carbonyl (C=O) groups excluding carboxylic acids is 3. The van der Waals surface area contributed by atoms with E-state index in [9.17, 15) is 22.8 Å². The molecule has 0 bridgehead atoms. The van der Waals surface area contributed by atoms with Crippen LogP contribution in [-0.4, -0.2) is 72.6 Å². The number of aromatic nitrogens is 1. The number of hydrogen-bond donors (Lipinski definition) is 2. The lowest BCUT2D eigenvalue weighted by Crippen LogP contribution is -2.56. The molecule has 1 aromatic heterocycles. The monoisotopic (exact) mass is 672 g/mol. The number of amides is 3. The lowest BCUT2D eigenvalue weighted by Gasteiger charge is -2.27. The van der Waals surface area contributed by atoms with Crippen LogP contribution in [0, 0.1) is 17.8 Å². The van der Waals surface area contributed by atoms with E-state index in [1.165, 1.54) is 18.2 Å². The molecule has 3 fully saturated rings. The maximum absolute atomic E-state index is 14.1. The van der Waals surface area contributed by atoms with Gasteiger partial charge in [-0.25, -0.2) is 13.4 Å². The van der Waals surface area contributed by atoms with Crippen LogP contribution in [0.15, 0.2) is 36.5 Å². The van der Waals surface area contributed by atoms with E-state index in [-0.39, 0.29) is 49.5 Å². The number of carbonyl (C=O) groups is 3. The highest BCUT2D eigenvalue weighted by Crippen LogP contribution is 2.46. The third-order valence-corrected chi connectivity index (χ3v) is 11.8. The summed E-state index contributed by atoms with van der Waals surface area (Å²) in [5, 5.41) is 4.07. The minimum absolute atomic E-state index is 0.116. The molecule has 2 aromatic rings. The molecule has 2 saturated carbocycles. The Bertz CT molecular complexity index is 1680. The van der Waals surface area contributed by atoms with Gasteiger partial charge in [-0.1, -0.05) is 56.5 Å². The van der Waals surface area contributed by atoms with Gasteiger partial charge in [-0.2, -0.15) is 0 Å². The number of rotatable bonds is 6. The number of sulfonamides is 1. The highest BCUT2D eigenvalue weighted by atomic mass is 35.5. The van der Waals surface area contributed by atoms with E-state index in [1.54, 1.807) is 12.1 Å². The molecule has 0 unspecified atom stereocenters. The summed E-state index contributed by atoms with van der Waals surface area (Å²) in [5.41, 5.74) is -1.42. The van der Waals surface area contributed by atoms with Gasteiger partial charge in [0.25, 0.3) is 5.91 Å². The summed E-state index contributed by atoms with van der Waals surface area (Å²) in [6, 6.07) is 4.43. The van der Waals surface area contributed by atoms with Gasteiger partial charge in [-0.3, -0.25) is 19.1 Å². The van der Waals surface area contributed by atoms with Crippen LogP contribution in [0.3, 0.4) is 0 Å². The molecule has 6 rings (SSSR count). The van der Waals surface area contributed by atoms with E-state index in [0.717, 1.165) is 19.3 Å². The Kier molecular flexibility index (Phi) is 8.97. The Morgan fingerprint density at radius 3 is 2.67 bits per heavy atom. The van der Waals surface area contributed by atoms with Gasteiger partial charge >= 0.3 is 0 Å². The minimum Gasteiger partial charge on any atom is -0.494 e. The molecule has 248 valence electrons. The second-order valence-electron chi connectivity index (χ2n) is 13.4. The Balaban J connectivity index is 1.29. The topological polar surface area (TPSA) is 144 Å². The number of ether oxygens (including phenoxy) is 2. The van der Waals surface area contributed by atoms with E-state index in [4.69, 9.17) is 21.1 Å². The van der Waals surface area contributed by atoms with E-state index in [0.29, 0.717) is 40.3 Å². The van der Waals surface area contributed by atoms with E-state index in [1.807, 2.05) is 25.1 Å². The van der Waals surface area contributed by atoms with Crippen molar-refractivity contribution in [1.82, 2.24) is 19.9 Å². The van der Waals surface area contributed by atoms with Crippen LogP contribution in [0.5, 0.6) is 11.6 Å². The van der Waals surface area contributed by atoms with Gasteiger partial charge in [0.15, 0.2) is 0 Å². The van der Waals surface area contributed by atoms with Crippen LogP contribution in [0.1, 0.15) is 65.2 Å². The zero-order chi connectivity index (χ0) is 32.8. The van der Waals surface area contributed by atoms with Crippen molar-refractivity contribution in [3.63, 3.8) is 0 Å². The van der Waals surface area contributed by atoms with E-state index < -0.39 is 44.8 Å². The van der Waals surface area contributed by atoms with Gasteiger partial charge in [0.05, 0.1) is 30.1 Å². The molecular formula is C33H41ClN4O7S. The van der Waals surface area contributed by atoms with Crippen molar-refractivity contribution in [2.45, 2.75) is 88.1 Å². The number of hydrogen-bond acceptors (Lipinski definition) is 8. The van der Waals surface area contributed by atoms with Crippen LogP contribution in [0.4, 0.5) is 0 Å². The summed E-state index contributed by atoms with van der Waals surface area (Å²) in [6.45, 7) is 4.28. The summed E-state index contributed by atoms with van der Waals surface area (Å²) in [6.07, 6.45) is 9.35. The van der Waals surface area contributed by atoms with E-state index >= 15 is 0 Å². The third kappa shape index (κ3) is 6.56. The Morgan fingerprint density at radius 2 is 1.93 bits per heavy atom. The van der Waals surface area contributed by atoms with Gasteiger partial charge in [0, 0.05) is 29.5 Å². The zero-order valence-electron chi connectivity index (χ0n) is 26.3. The van der Waals surface area contributed by atoms with Gasteiger partial charge < -0.3 is 19.7 Å². The maximum atomic E-state index is 14.1. The average molecular weight is 673 g/mol. The SMILES string of the molecule is COc1cnc(O[C@@H]2C[C@H]3C(=O)N[C@]4(C(=O)NS(=O)(=O)C5CC5)C[C@H]4/C=C\[C@@H](C)CCC[C@@H](C)CC(=O)N3C2)c2cccc(Cl)c12. The lowest BCUT2D eigenvalue weighted by molar-refractivity contribution is -0.140. The Morgan fingerprint density at radius 1 is 1.15 bits per heavy atom. The quantitative estimate of drug-likeness (QED) is 0.436. The van der Waals surface area contributed by atoms with Crippen molar-refractivity contribution in [2.24, 2.45) is 17.8 Å². The fraction of sp³-hybridized carbons (Fsp3) is 0.576. The van der Waals surface area contributed by atoms with Gasteiger partial charge in [0.1, 0.15) is 23.4 Å². The first-order valence-electron chi connectivity index (χ1n) is 16.1. The van der Waals surface area contributed by atoms with Gasteiger partial charge in [-0.15, -0.1) is 0 Å². The summed E-state index contributed by atoms with van der Waals surface area (Å²) < 4.78 is 39.5. The fourth-order valence-electron chi connectivity index (χ4n) is 6.71. The number of halogens is 1. The summed E-state index contributed by atoms with van der Waals surface area (Å²) in [5.74, 6) is -0.640. The number of nitrogens with one attached hydrogen (secondary N) is 2. The maximum Gasteiger partial charge on any atom is 0.259 e. The predicted molar refractivity (Wildman–Crippen MR) is 173 cm³/mol. The molecule has 2 aliphatic carbocycles. The molecule has 11 nitrogen and oxygen atoms in total. The number of nitrogens with zero attached hydrogens (tertiary/aromatic N) is 2. The number of benzene rings is 1. The van der Waals surface area contributed by atoms with E-state index in [2.05, 4.69) is 21.9 Å². The van der Waals surface area contributed by atoms with Crippen LogP contribution in [0.25, 0.3) is 10.8 Å². The first-order chi connectivity index (χ1) is 21.9. The molecule has 1 aromatic carbocycles. The third-order valence-electron chi connectivity index (χ3n) is 9.69. The van der Waals surface area contributed by atoms with Crippen LogP contribution >= 0.6 is 11.6 Å². The number of methoxy groups -OCH3 is 1. The fourth-order valence-corrected chi connectivity index (χ4v) is 8.34. The Labute approximate surface area is 274 Å². The summed E-state index contributed by atoms with van der Waals surface area (Å²) in [7, 11) is -2.30. The van der Waals surface area contributed by atoms with Crippen molar-refractivity contribution in [1.29, 1.82) is 0 Å². The molecule has 2 aliphatic heterocycles. The highest BCUT2D eigenvalue weighted by molar-refractivity contribution is 7.91. The van der Waals surface area contributed by atoms with Crippen molar-refractivity contribution < 1.29 is 32.3 Å². The van der Waals surface area contributed by atoms with Crippen molar-refractivity contribution in [3.8, 4) is 11.6 Å². The number of fused-ring (bicyclic) bond motifs is 3. The smallest absolute Gasteiger partial charge is 0.259 e. The number of allylic oxidation sites excluding steroid dienone is 1. The molecule has 2 N–H and O–H groups in total. The molecule has 0 spiro atoms. The molecule has 3 heterocycles. The van der Waals surface area contributed by atoms with Crippen LogP contribution in [0.2, 0.25) is 5.02 Å². The molecule has 0 radical (unpaired) electrons. The first kappa shape index (κ1) is 32.6. The largest absolute Gasteiger partial charge is 0.494 e. The summed E-state index contributed by atoms with van der Waals surface area (Å²) >= 11 is 6.49. The van der Waals surface area contributed by atoms with Crippen LogP contribution < -0.4 is 19.5 Å².